The van der Waals surface area contributed by atoms with Gasteiger partial charge >= 0.3 is 0 Å². The minimum absolute atomic E-state index is 0.0555. The molecule has 0 amide bonds. The Kier molecular flexibility index (Phi) is 3.13. The summed E-state index contributed by atoms with van der Waals surface area (Å²) in [5, 5.41) is 11.1. The molecule has 0 saturated heterocycles. The summed E-state index contributed by atoms with van der Waals surface area (Å²) in [5.74, 6) is 0.0555. The Bertz CT molecular complexity index is 730. The molecule has 3 aromatic rings. The van der Waals surface area contributed by atoms with Crippen LogP contribution in [-0.4, -0.2) is 21.2 Å². The van der Waals surface area contributed by atoms with Crippen molar-refractivity contribution in [2.24, 2.45) is 0 Å². The smallest absolute Gasteiger partial charge is 0.159 e. The van der Waals surface area contributed by atoms with Gasteiger partial charge in [-0.25, -0.2) is 0 Å². The van der Waals surface area contributed by atoms with E-state index >= 15 is 0 Å². The second-order valence-corrected chi connectivity index (χ2v) is 4.52. The van der Waals surface area contributed by atoms with Crippen molar-refractivity contribution < 1.29 is 4.79 Å². The zero-order chi connectivity index (χ0) is 13.9. The number of benzene rings is 2. The summed E-state index contributed by atoms with van der Waals surface area (Å²) in [7, 11) is 0. The number of carbonyl (C=O) groups excluding carboxylic acids is 1. The van der Waals surface area contributed by atoms with Crippen LogP contribution in [0.4, 0.5) is 0 Å². The standard InChI is InChI=1S/C16H13N3O/c1-11(20)12-7-9-14(10-8-12)16-15(17-19-18-16)13-5-3-2-4-6-13/h2-10H,1H3,(H,17,18,19). The second-order valence-electron chi connectivity index (χ2n) is 4.52. The van der Waals surface area contributed by atoms with Crippen LogP contribution >= 0.6 is 0 Å². The van der Waals surface area contributed by atoms with E-state index in [4.69, 9.17) is 0 Å². The third kappa shape index (κ3) is 2.23. The monoisotopic (exact) mass is 263 g/mol. The maximum atomic E-state index is 11.3. The Hall–Kier alpha value is -2.75. The van der Waals surface area contributed by atoms with Crippen LogP contribution < -0.4 is 0 Å². The highest BCUT2D eigenvalue weighted by molar-refractivity contribution is 5.94. The molecule has 1 heterocycles. The third-order valence-electron chi connectivity index (χ3n) is 3.16. The van der Waals surface area contributed by atoms with Gasteiger partial charge in [0.25, 0.3) is 0 Å². The quantitative estimate of drug-likeness (QED) is 0.737. The first-order valence-corrected chi connectivity index (χ1v) is 6.33. The van der Waals surface area contributed by atoms with Gasteiger partial charge in [0.05, 0.1) is 0 Å². The highest BCUT2D eigenvalue weighted by Gasteiger charge is 2.12. The lowest BCUT2D eigenvalue weighted by Gasteiger charge is -2.02. The van der Waals surface area contributed by atoms with Gasteiger partial charge in [-0.1, -0.05) is 54.6 Å². The lowest BCUT2D eigenvalue weighted by atomic mass is 10.0. The summed E-state index contributed by atoms with van der Waals surface area (Å²) < 4.78 is 0. The first-order valence-electron chi connectivity index (χ1n) is 6.33. The summed E-state index contributed by atoms with van der Waals surface area (Å²) in [6, 6.07) is 17.3. The first-order chi connectivity index (χ1) is 9.75. The molecule has 0 radical (unpaired) electrons. The van der Waals surface area contributed by atoms with E-state index in [9.17, 15) is 4.79 Å². The summed E-state index contributed by atoms with van der Waals surface area (Å²) in [5.41, 5.74) is 4.22. The van der Waals surface area contributed by atoms with Crippen molar-refractivity contribution in [1.82, 2.24) is 15.4 Å². The highest BCUT2D eigenvalue weighted by atomic mass is 16.1. The number of aromatic nitrogens is 3. The van der Waals surface area contributed by atoms with Crippen molar-refractivity contribution in [3.8, 4) is 22.5 Å². The van der Waals surface area contributed by atoms with E-state index in [1.165, 1.54) is 0 Å². The third-order valence-corrected chi connectivity index (χ3v) is 3.16. The fourth-order valence-electron chi connectivity index (χ4n) is 2.09. The van der Waals surface area contributed by atoms with E-state index in [1.54, 1.807) is 19.1 Å². The molecule has 1 N–H and O–H groups in total. The number of H-pyrrole nitrogens is 1. The normalized spacial score (nSPS) is 10.4. The maximum absolute atomic E-state index is 11.3. The van der Waals surface area contributed by atoms with Crippen molar-refractivity contribution in [2.45, 2.75) is 6.92 Å². The topological polar surface area (TPSA) is 58.6 Å². The van der Waals surface area contributed by atoms with Crippen molar-refractivity contribution in [3.63, 3.8) is 0 Å². The average molecular weight is 263 g/mol. The molecular weight excluding hydrogens is 250 g/mol. The van der Waals surface area contributed by atoms with Crippen LogP contribution in [0.1, 0.15) is 17.3 Å². The molecule has 1 aromatic heterocycles. The van der Waals surface area contributed by atoms with Crippen molar-refractivity contribution in [2.75, 3.05) is 0 Å². The number of hydrogen-bond acceptors (Lipinski definition) is 3. The molecule has 0 atom stereocenters. The largest absolute Gasteiger partial charge is 0.295 e. The van der Waals surface area contributed by atoms with Gasteiger partial charge in [0.1, 0.15) is 11.4 Å². The average Bonchev–Trinajstić information content (AvgIpc) is 2.97. The second kappa shape index (κ2) is 5.09. The zero-order valence-electron chi connectivity index (χ0n) is 11.0. The van der Waals surface area contributed by atoms with Gasteiger partial charge in [0.15, 0.2) is 5.78 Å². The van der Waals surface area contributed by atoms with Gasteiger partial charge in [0.2, 0.25) is 0 Å². The van der Waals surface area contributed by atoms with E-state index in [2.05, 4.69) is 15.4 Å². The molecule has 20 heavy (non-hydrogen) atoms. The fraction of sp³-hybridized carbons (Fsp3) is 0.0625. The Morgan fingerprint density at radius 2 is 1.40 bits per heavy atom. The SMILES string of the molecule is CC(=O)c1ccc(-c2n[nH]nc2-c2ccccc2)cc1. The molecule has 0 bridgehead atoms. The zero-order valence-corrected chi connectivity index (χ0v) is 11.0. The summed E-state index contributed by atoms with van der Waals surface area (Å²) in [4.78, 5) is 11.3. The minimum atomic E-state index is 0.0555. The van der Waals surface area contributed by atoms with E-state index in [-0.39, 0.29) is 5.78 Å². The molecule has 98 valence electrons. The molecule has 0 fully saturated rings. The fourth-order valence-corrected chi connectivity index (χ4v) is 2.09. The predicted octanol–water partition coefficient (Wildman–Crippen LogP) is 3.34. The maximum Gasteiger partial charge on any atom is 0.159 e. The van der Waals surface area contributed by atoms with Gasteiger partial charge in [-0.15, -0.1) is 0 Å². The first kappa shape index (κ1) is 12.3. The van der Waals surface area contributed by atoms with Crippen molar-refractivity contribution in [3.05, 3.63) is 60.2 Å². The summed E-state index contributed by atoms with van der Waals surface area (Å²) in [6.45, 7) is 1.56. The van der Waals surface area contributed by atoms with Gasteiger partial charge < -0.3 is 0 Å². The van der Waals surface area contributed by atoms with E-state index in [1.807, 2.05) is 42.5 Å². The summed E-state index contributed by atoms with van der Waals surface area (Å²) >= 11 is 0. The summed E-state index contributed by atoms with van der Waals surface area (Å²) in [6.07, 6.45) is 0. The Balaban J connectivity index is 2.04. The van der Waals surface area contributed by atoms with E-state index in [0.29, 0.717) is 5.56 Å². The minimum Gasteiger partial charge on any atom is -0.295 e. The highest BCUT2D eigenvalue weighted by Crippen LogP contribution is 2.28. The van der Waals surface area contributed by atoms with Crippen LogP contribution in [-0.2, 0) is 0 Å². The molecule has 0 aliphatic carbocycles. The number of aromatic amines is 1. The molecule has 2 aromatic carbocycles. The molecule has 0 aliphatic rings. The molecule has 0 unspecified atom stereocenters. The Morgan fingerprint density at radius 3 is 1.95 bits per heavy atom. The molecule has 0 aliphatic heterocycles. The van der Waals surface area contributed by atoms with Crippen LogP contribution in [0.5, 0.6) is 0 Å². The van der Waals surface area contributed by atoms with Gasteiger partial charge in [-0.05, 0) is 6.92 Å². The number of rotatable bonds is 3. The Morgan fingerprint density at radius 1 is 0.850 bits per heavy atom. The predicted molar refractivity (Wildman–Crippen MR) is 77.3 cm³/mol. The van der Waals surface area contributed by atoms with Gasteiger partial charge in [0, 0.05) is 16.7 Å². The van der Waals surface area contributed by atoms with Crippen LogP contribution in [0.2, 0.25) is 0 Å². The number of Topliss-reactive ketones (excluding diaryl/α,β-unsaturated/α-hetero) is 1. The number of ketones is 1. The van der Waals surface area contributed by atoms with Crippen LogP contribution in [0.15, 0.2) is 54.6 Å². The number of nitrogens with one attached hydrogen (secondary N) is 1. The van der Waals surface area contributed by atoms with E-state index < -0.39 is 0 Å². The molecule has 4 heteroatoms. The molecule has 3 rings (SSSR count). The lowest BCUT2D eigenvalue weighted by Crippen LogP contribution is -1.91. The lowest BCUT2D eigenvalue weighted by molar-refractivity contribution is 0.101. The number of nitrogens with zero attached hydrogens (tertiary/aromatic N) is 2. The van der Waals surface area contributed by atoms with Crippen molar-refractivity contribution in [1.29, 1.82) is 0 Å². The number of carbonyl (C=O) groups is 1. The van der Waals surface area contributed by atoms with Crippen LogP contribution in [0.3, 0.4) is 0 Å². The Labute approximate surface area is 116 Å². The van der Waals surface area contributed by atoms with Crippen LogP contribution in [0.25, 0.3) is 22.5 Å². The van der Waals surface area contributed by atoms with E-state index in [0.717, 1.165) is 22.5 Å². The molecule has 0 spiro atoms. The van der Waals surface area contributed by atoms with Gasteiger partial charge in [-0.3, -0.25) is 4.79 Å². The van der Waals surface area contributed by atoms with Crippen LogP contribution in [0, 0.1) is 0 Å². The van der Waals surface area contributed by atoms with Gasteiger partial charge in [-0.2, -0.15) is 15.4 Å². The molecule has 4 nitrogen and oxygen atoms in total. The van der Waals surface area contributed by atoms with Crippen molar-refractivity contribution >= 4 is 5.78 Å². The number of hydrogen-bond donors (Lipinski definition) is 1. The molecule has 0 saturated carbocycles. The molecular formula is C16H13N3O.